The van der Waals surface area contributed by atoms with E-state index in [9.17, 15) is 13.2 Å². The minimum Gasteiger partial charge on any atom is -0.337 e. The molecular formula is C17H20N2O3S2. The molecule has 1 aliphatic rings. The molecule has 0 fully saturated rings. The van der Waals surface area contributed by atoms with E-state index >= 15 is 0 Å². The van der Waals surface area contributed by atoms with E-state index in [2.05, 4.69) is 0 Å². The number of benzene rings is 1. The first-order chi connectivity index (χ1) is 11.3. The summed E-state index contributed by atoms with van der Waals surface area (Å²) in [4.78, 5) is 14.3. The molecule has 1 aromatic carbocycles. The van der Waals surface area contributed by atoms with E-state index in [0.717, 1.165) is 11.1 Å². The lowest BCUT2D eigenvalue weighted by atomic mass is 10.1. The molecule has 1 aromatic heterocycles. The lowest BCUT2D eigenvalue weighted by molar-refractivity contribution is 0.0785. The van der Waals surface area contributed by atoms with E-state index in [1.54, 1.807) is 35.4 Å². The first-order valence-electron chi connectivity index (χ1n) is 7.66. The Bertz CT molecular complexity index is 860. The fourth-order valence-electron chi connectivity index (χ4n) is 3.19. The molecule has 1 aliphatic heterocycles. The van der Waals surface area contributed by atoms with Crippen LogP contribution in [0.5, 0.6) is 0 Å². The van der Waals surface area contributed by atoms with Gasteiger partial charge < -0.3 is 4.90 Å². The van der Waals surface area contributed by atoms with Gasteiger partial charge in [-0.3, -0.25) is 9.10 Å². The predicted molar refractivity (Wildman–Crippen MR) is 97.0 cm³/mol. The van der Waals surface area contributed by atoms with E-state index in [1.165, 1.54) is 10.6 Å². The third-order valence-corrected chi connectivity index (χ3v) is 6.19. The minimum absolute atomic E-state index is 0.0607. The van der Waals surface area contributed by atoms with Crippen molar-refractivity contribution >= 4 is 33.0 Å². The van der Waals surface area contributed by atoms with E-state index in [4.69, 9.17) is 0 Å². The molecule has 0 N–H and O–H groups in total. The third kappa shape index (κ3) is 3.18. The van der Waals surface area contributed by atoms with Crippen molar-refractivity contribution in [2.75, 3.05) is 17.6 Å². The lowest BCUT2D eigenvalue weighted by Crippen LogP contribution is -2.34. The van der Waals surface area contributed by atoms with Crippen LogP contribution in [0, 0.1) is 0 Å². The fourth-order valence-corrected chi connectivity index (χ4v) is 5.11. The Morgan fingerprint density at radius 2 is 2.12 bits per heavy atom. The van der Waals surface area contributed by atoms with Gasteiger partial charge in [0.25, 0.3) is 5.91 Å². The molecule has 0 unspecified atom stereocenters. The highest BCUT2D eigenvalue weighted by atomic mass is 32.2. The molecule has 0 bridgehead atoms. The van der Waals surface area contributed by atoms with Gasteiger partial charge in [0, 0.05) is 25.2 Å². The number of fused-ring (bicyclic) bond motifs is 1. The summed E-state index contributed by atoms with van der Waals surface area (Å²) in [5.74, 6) is -0.0607. The summed E-state index contributed by atoms with van der Waals surface area (Å²) in [6.45, 7) is 2.44. The normalized spacial score (nSPS) is 17.0. The molecule has 1 atom stereocenters. The summed E-state index contributed by atoms with van der Waals surface area (Å²) >= 11 is 1.61. The zero-order valence-corrected chi connectivity index (χ0v) is 15.5. The molecular weight excluding hydrogens is 344 g/mol. The van der Waals surface area contributed by atoms with Crippen molar-refractivity contribution in [2.24, 2.45) is 0 Å². The third-order valence-electron chi connectivity index (χ3n) is 4.18. The summed E-state index contributed by atoms with van der Waals surface area (Å²) < 4.78 is 25.4. The van der Waals surface area contributed by atoms with E-state index in [1.807, 2.05) is 29.8 Å². The monoisotopic (exact) mass is 364 g/mol. The van der Waals surface area contributed by atoms with Crippen molar-refractivity contribution in [1.82, 2.24) is 4.90 Å². The summed E-state index contributed by atoms with van der Waals surface area (Å²) in [5, 5.41) is 4.02. The highest BCUT2D eigenvalue weighted by Crippen LogP contribution is 2.34. The van der Waals surface area contributed by atoms with Crippen molar-refractivity contribution < 1.29 is 13.2 Å². The largest absolute Gasteiger partial charge is 0.337 e. The molecule has 7 heteroatoms. The van der Waals surface area contributed by atoms with Gasteiger partial charge in [-0.1, -0.05) is 0 Å². The number of carbonyl (C=O) groups excluding carboxylic acids is 1. The lowest BCUT2D eigenvalue weighted by Gasteiger charge is -2.22. The van der Waals surface area contributed by atoms with Crippen LogP contribution in [0.3, 0.4) is 0 Å². The molecule has 24 heavy (non-hydrogen) atoms. The molecule has 0 saturated heterocycles. The van der Waals surface area contributed by atoms with Crippen LogP contribution in [-0.4, -0.2) is 38.6 Å². The van der Waals surface area contributed by atoms with E-state index in [-0.39, 0.29) is 11.9 Å². The minimum atomic E-state index is -3.31. The molecule has 0 radical (unpaired) electrons. The molecule has 0 saturated carbocycles. The highest BCUT2D eigenvalue weighted by Gasteiger charge is 2.33. The van der Waals surface area contributed by atoms with Crippen LogP contribution in [0.4, 0.5) is 5.69 Å². The van der Waals surface area contributed by atoms with Crippen LogP contribution < -0.4 is 4.31 Å². The summed E-state index contributed by atoms with van der Waals surface area (Å²) in [7, 11) is -1.53. The zero-order chi connectivity index (χ0) is 17.5. The number of hydrogen-bond donors (Lipinski definition) is 0. The second-order valence-electron chi connectivity index (χ2n) is 6.25. The summed E-state index contributed by atoms with van der Waals surface area (Å²) in [6.07, 6.45) is 1.84. The molecule has 0 aliphatic carbocycles. The van der Waals surface area contributed by atoms with Crippen molar-refractivity contribution in [3.05, 3.63) is 51.7 Å². The number of carbonyl (C=O) groups is 1. The highest BCUT2D eigenvalue weighted by molar-refractivity contribution is 7.92. The number of anilines is 1. The van der Waals surface area contributed by atoms with Gasteiger partial charge in [-0.25, -0.2) is 8.42 Å². The van der Waals surface area contributed by atoms with Crippen LogP contribution in [0.25, 0.3) is 0 Å². The Kier molecular flexibility index (Phi) is 4.40. The van der Waals surface area contributed by atoms with Gasteiger partial charge in [0.15, 0.2) is 0 Å². The first-order valence-corrected chi connectivity index (χ1v) is 10.5. The van der Waals surface area contributed by atoms with Crippen molar-refractivity contribution in [3.63, 3.8) is 0 Å². The summed E-state index contributed by atoms with van der Waals surface area (Å²) in [6, 6.07) is 7.16. The van der Waals surface area contributed by atoms with E-state index in [0.29, 0.717) is 24.2 Å². The van der Waals surface area contributed by atoms with Gasteiger partial charge in [-0.2, -0.15) is 11.3 Å². The Hall–Kier alpha value is -1.86. The molecule has 128 valence electrons. The van der Waals surface area contributed by atoms with Gasteiger partial charge in [-0.15, -0.1) is 0 Å². The van der Waals surface area contributed by atoms with Crippen molar-refractivity contribution in [2.45, 2.75) is 25.9 Å². The van der Waals surface area contributed by atoms with Crippen molar-refractivity contribution in [3.8, 4) is 0 Å². The smallest absolute Gasteiger partial charge is 0.253 e. The Balaban J connectivity index is 1.84. The van der Waals surface area contributed by atoms with Gasteiger partial charge >= 0.3 is 0 Å². The quantitative estimate of drug-likeness (QED) is 0.838. The average Bonchev–Trinajstić information content (AvgIpc) is 3.10. The van der Waals surface area contributed by atoms with Crippen LogP contribution >= 0.6 is 11.3 Å². The second kappa shape index (κ2) is 6.22. The Morgan fingerprint density at radius 3 is 2.75 bits per heavy atom. The molecule has 1 amide bonds. The standard InChI is InChI=1S/C17H20N2O3S2/c1-12-8-15-9-14(4-5-16(15)19(12)24(3,21)22)17(20)18(2)10-13-6-7-23-11-13/h4-7,9,11-12H,8,10H2,1-3H3/t12-/m1/s1. The van der Waals surface area contributed by atoms with Gasteiger partial charge in [-0.05, 0) is 59.5 Å². The number of sulfonamides is 1. The Labute approximate surface area is 146 Å². The molecule has 0 spiro atoms. The Morgan fingerprint density at radius 1 is 1.38 bits per heavy atom. The number of nitrogens with zero attached hydrogens (tertiary/aromatic N) is 2. The number of thiophene rings is 1. The number of hydrogen-bond acceptors (Lipinski definition) is 4. The fraction of sp³-hybridized carbons (Fsp3) is 0.353. The maximum Gasteiger partial charge on any atom is 0.253 e. The summed E-state index contributed by atoms with van der Waals surface area (Å²) in [5.41, 5.74) is 3.28. The molecule has 2 heterocycles. The first kappa shape index (κ1) is 17.0. The van der Waals surface area contributed by atoms with Gasteiger partial charge in [0.1, 0.15) is 0 Å². The van der Waals surface area contributed by atoms with Crippen LogP contribution in [0.2, 0.25) is 0 Å². The topological polar surface area (TPSA) is 57.7 Å². The van der Waals surface area contributed by atoms with Gasteiger partial charge in [0.2, 0.25) is 10.0 Å². The molecule has 2 aromatic rings. The van der Waals surface area contributed by atoms with Crippen LogP contribution in [-0.2, 0) is 23.0 Å². The average molecular weight is 364 g/mol. The number of amides is 1. The van der Waals surface area contributed by atoms with Crippen LogP contribution in [0.15, 0.2) is 35.0 Å². The predicted octanol–water partition coefficient (Wildman–Crippen LogP) is 2.73. The molecule has 3 rings (SSSR count). The zero-order valence-electron chi connectivity index (χ0n) is 13.9. The molecule has 5 nitrogen and oxygen atoms in total. The maximum atomic E-state index is 12.6. The van der Waals surface area contributed by atoms with Crippen molar-refractivity contribution in [1.29, 1.82) is 0 Å². The second-order valence-corrected chi connectivity index (χ2v) is 8.89. The maximum absolute atomic E-state index is 12.6. The van der Waals surface area contributed by atoms with Crippen LogP contribution in [0.1, 0.15) is 28.4 Å². The van der Waals surface area contributed by atoms with E-state index < -0.39 is 10.0 Å². The SMILES string of the molecule is C[C@@H]1Cc2cc(C(=O)N(C)Cc3ccsc3)ccc2N1S(C)(=O)=O. The van der Waals surface area contributed by atoms with Gasteiger partial charge in [0.05, 0.1) is 11.9 Å². The number of rotatable bonds is 4.